The van der Waals surface area contributed by atoms with Crippen molar-refractivity contribution < 1.29 is 4.79 Å². The smallest absolute Gasteiger partial charge is 0.221 e. The SMILES string of the molecule is CC(=O)Nc1ccsc1CNCCCc1ncc[nH]1. The summed E-state index contributed by atoms with van der Waals surface area (Å²) in [7, 11) is 0. The standard InChI is InChI=1S/C13H18N4OS/c1-10(18)17-11-4-8-19-12(11)9-14-5-2-3-13-15-6-7-16-13/h4,6-8,14H,2-3,5,9H2,1H3,(H,15,16)(H,17,18). The zero-order valence-electron chi connectivity index (χ0n) is 10.9. The van der Waals surface area contributed by atoms with Crippen LogP contribution in [0.2, 0.25) is 0 Å². The lowest BCUT2D eigenvalue weighted by molar-refractivity contribution is -0.114. The number of carbonyl (C=O) groups excluding carboxylic acids is 1. The van der Waals surface area contributed by atoms with Gasteiger partial charge in [0.2, 0.25) is 5.91 Å². The molecule has 0 aromatic carbocycles. The van der Waals surface area contributed by atoms with Crippen molar-refractivity contribution in [3.05, 3.63) is 34.5 Å². The minimum absolute atomic E-state index is 0.0301. The molecule has 5 nitrogen and oxygen atoms in total. The number of aryl methyl sites for hydroxylation is 1. The maximum Gasteiger partial charge on any atom is 0.221 e. The molecule has 2 rings (SSSR count). The van der Waals surface area contributed by atoms with Crippen LogP contribution in [0.1, 0.15) is 24.0 Å². The summed E-state index contributed by atoms with van der Waals surface area (Å²) in [6, 6.07) is 1.94. The van der Waals surface area contributed by atoms with Crippen molar-refractivity contribution in [2.75, 3.05) is 11.9 Å². The molecule has 2 aromatic heterocycles. The molecule has 1 amide bonds. The number of hydrogen-bond acceptors (Lipinski definition) is 4. The average molecular weight is 278 g/mol. The summed E-state index contributed by atoms with van der Waals surface area (Å²) < 4.78 is 0. The fourth-order valence-electron chi connectivity index (χ4n) is 1.80. The zero-order chi connectivity index (χ0) is 13.5. The van der Waals surface area contributed by atoms with Crippen LogP contribution in [0.3, 0.4) is 0 Å². The molecule has 0 aliphatic carbocycles. The maximum atomic E-state index is 11.0. The summed E-state index contributed by atoms with van der Waals surface area (Å²) in [5, 5.41) is 8.21. The number of aromatic nitrogens is 2. The topological polar surface area (TPSA) is 69.8 Å². The number of H-pyrrole nitrogens is 1. The Labute approximate surface area is 116 Å². The van der Waals surface area contributed by atoms with E-state index in [-0.39, 0.29) is 5.91 Å². The number of thiophene rings is 1. The fraction of sp³-hybridized carbons (Fsp3) is 0.385. The molecular formula is C13H18N4OS. The first-order chi connectivity index (χ1) is 9.25. The molecule has 102 valence electrons. The Balaban J connectivity index is 1.68. The van der Waals surface area contributed by atoms with Crippen molar-refractivity contribution in [1.29, 1.82) is 0 Å². The third-order valence-electron chi connectivity index (χ3n) is 2.66. The van der Waals surface area contributed by atoms with Gasteiger partial charge in [0.25, 0.3) is 0 Å². The Kier molecular flexibility index (Phi) is 5.11. The quantitative estimate of drug-likeness (QED) is 0.680. The average Bonchev–Trinajstić information content (AvgIpc) is 3.00. The monoisotopic (exact) mass is 278 g/mol. The second-order valence-electron chi connectivity index (χ2n) is 4.25. The van der Waals surface area contributed by atoms with Crippen LogP contribution >= 0.6 is 11.3 Å². The van der Waals surface area contributed by atoms with Gasteiger partial charge >= 0.3 is 0 Å². The highest BCUT2D eigenvalue weighted by molar-refractivity contribution is 7.10. The minimum Gasteiger partial charge on any atom is -0.349 e. The number of hydrogen-bond donors (Lipinski definition) is 3. The number of amides is 1. The highest BCUT2D eigenvalue weighted by Gasteiger charge is 2.05. The second-order valence-corrected chi connectivity index (χ2v) is 5.26. The molecule has 0 bridgehead atoms. The van der Waals surface area contributed by atoms with Crippen molar-refractivity contribution in [3.63, 3.8) is 0 Å². The van der Waals surface area contributed by atoms with E-state index in [4.69, 9.17) is 0 Å². The van der Waals surface area contributed by atoms with E-state index in [0.717, 1.165) is 42.3 Å². The molecule has 0 atom stereocenters. The van der Waals surface area contributed by atoms with Crippen LogP contribution in [0, 0.1) is 0 Å². The molecular weight excluding hydrogens is 260 g/mol. The molecule has 19 heavy (non-hydrogen) atoms. The summed E-state index contributed by atoms with van der Waals surface area (Å²) in [6.07, 6.45) is 5.60. The largest absolute Gasteiger partial charge is 0.349 e. The second kappa shape index (κ2) is 7.06. The van der Waals surface area contributed by atoms with Crippen LogP contribution in [0.15, 0.2) is 23.8 Å². The summed E-state index contributed by atoms with van der Waals surface area (Å²) in [5.41, 5.74) is 0.913. The van der Waals surface area contributed by atoms with Crippen molar-refractivity contribution >= 4 is 22.9 Å². The van der Waals surface area contributed by atoms with Gasteiger partial charge in [-0.15, -0.1) is 11.3 Å². The van der Waals surface area contributed by atoms with E-state index in [9.17, 15) is 4.79 Å². The van der Waals surface area contributed by atoms with Gasteiger partial charge in [0.05, 0.1) is 5.69 Å². The van der Waals surface area contributed by atoms with Gasteiger partial charge in [-0.1, -0.05) is 0 Å². The summed E-state index contributed by atoms with van der Waals surface area (Å²) in [6.45, 7) is 3.24. The summed E-state index contributed by atoms with van der Waals surface area (Å²) in [4.78, 5) is 19.5. The van der Waals surface area contributed by atoms with E-state index >= 15 is 0 Å². The maximum absolute atomic E-state index is 11.0. The number of carbonyl (C=O) groups is 1. The zero-order valence-corrected chi connectivity index (χ0v) is 11.7. The molecule has 0 saturated carbocycles. The molecule has 6 heteroatoms. The van der Waals surface area contributed by atoms with E-state index in [1.165, 1.54) is 6.92 Å². The van der Waals surface area contributed by atoms with E-state index in [2.05, 4.69) is 20.6 Å². The van der Waals surface area contributed by atoms with E-state index in [1.54, 1.807) is 17.5 Å². The Morgan fingerprint density at radius 2 is 2.42 bits per heavy atom. The first-order valence-electron chi connectivity index (χ1n) is 6.28. The third kappa shape index (κ3) is 4.50. The van der Waals surface area contributed by atoms with Crippen molar-refractivity contribution in [2.24, 2.45) is 0 Å². The van der Waals surface area contributed by atoms with Crippen LogP contribution in [0.4, 0.5) is 5.69 Å². The normalized spacial score (nSPS) is 10.6. The van der Waals surface area contributed by atoms with Gasteiger partial charge in [0, 0.05) is 37.2 Å². The number of aromatic amines is 1. The number of nitrogens with one attached hydrogen (secondary N) is 3. The van der Waals surface area contributed by atoms with E-state index in [1.807, 2.05) is 17.6 Å². The minimum atomic E-state index is -0.0301. The van der Waals surface area contributed by atoms with Crippen molar-refractivity contribution in [2.45, 2.75) is 26.3 Å². The van der Waals surface area contributed by atoms with Crippen LogP contribution in [0.5, 0.6) is 0 Å². The molecule has 0 saturated heterocycles. The van der Waals surface area contributed by atoms with Gasteiger partial charge in [0.1, 0.15) is 5.82 Å². The lowest BCUT2D eigenvalue weighted by atomic mass is 10.3. The van der Waals surface area contributed by atoms with E-state index < -0.39 is 0 Å². The molecule has 0 fully saturated rings. The summed E-state index contributed by atoms with van der Waals surface area (Å²) >= 11 is 1.65. The predicted octanol–water partition coefficient (Wildman–Crippen LogP) is 2.15. The molecule has 0 unspecified atom stereocenters. The number of anilines is 1. The van der Waals surface area contributed by atoms with Crippen LogP contribution < -0.4 is 10.6 Å². The Bertz CT molecular complexity index is 506. The highest BCUT2D eigenvalue weighted by Crippen LogP contribution is 2.21. The number of rotatable bonds is 7. The first kappa shape index (κ1) is 13.8. The molecule has 2 heterocycles. The molecule has 0 radical (unpaired) electrons. The Morgan fingerprint density at radius 3 is 3.16 bits per heavy atom. The third-order valence-corrected chi connectivity index (χ3v) is 3.58. The van der Waals surface area contributed by atoms with Gasteiger partial charge in [-0.05, 0) is 24.4 Å². The van der Waals surface area contributed by atoms with Crippen LogP contribution in [0.25, 0.3) is 0 Å². The van der Waals surface area contributed by atoms with Crippen molar-refractivity contribution in [3.8, 4) is 0 Å². The number of nitrogens with zero attached hydrogens (tertiary/aromatic N) is 1. The van der Waals surface area contributed by atoms with Gasteiger partial charge in [-0.2, -0.15) is 0 Å². The number of imidazole rings is 1. The van der Waals surface area contributed by atoms with Gasteiger partial charge in [-0.3, -0.25) is 4.79 Å². The van der Waals surface area contributed by atoms with Gasteiger partial charge in [-0.25, -0.2) is 4.98 Å². The lowest BCUT2D eigenvalue weighted by Gasteiger charge is -2.06. The van der Waals surface area contributed by atoms with Crippen LogP contribution in [-0.4, -0.2) is 22.4 Å². The molecule has 0 spiro atoms. The Morgan fingerprint density at radius 1 is 1.53 bits per heavy atom. The molecule has 0 aliphatic heterocycles. The molecule has 0 aliphatic rings. The molecule has 3 N–H and O–H groups in total. The molecule has 2 aromatic rings. The van der Waals surface area contributed by atoms with Crippen LogP contribution in [-0.2, 0) is 17.8 Å². The lowest BCUT2D eigenvalue weighted by Crippen LogP contribution is -2.16. The highest BCUT2D eigenvalue weighted by atomic mass is 32.1. The van der Waals surface area contributed by atoms with Gasteiger partial charge in [0.15, 0.2) is 0 Å². The summed E-state index contributed by atoms with van der Waals surface area (Å²) in [5.74, 6) is 0.995. The van der Waals surface area contributed by atoms with Gasteiger partial charge < -0.3 is 15.6 Å². The van der Waals surface area contributed by atoms with Crippen molar-refractivity contribution in [1.82, 2.24) is 15.3 Å². The Hall–Kier alpha value is -1.66. The predicted molar refractivity (Wildman–Crippen MR) is 77.2 cm³/mol. The first-order valence-corrected chi connectivity index (χ1v) is 7.16. The van der Waals surface area contributed by atoms with E-state index in [0.29, 0.717) is 0 Å². The fourth-order valence-corrected chi connectivity index (χ4v) is 2.60.